The highest BCUT2D eigenvalue weighted by Gasteiger charge is 2.19. The van der Waals surface area contributed by atoms with Crippen molar-refractivity contribution in [1.29, 1.82) is 0 Å². The van der Waals surface area contributed by atoms with E-state index < -0.39 is 0 Å². The molecule has 0 bridgehead atoms. The van der Waals surface area contributed by atoms with Gasteiger partial charge in [0, 0.05) is 19.2 Å². The van der Waals surface area contributed by atoms with Gasteiger partial charge in [-0.3, -0.25) is 5.84 Å². The third-order valence-corrected chi connectivity index (χ3v) is 3.08. The average Bonchev–Trinajstić information content (AvgIpc) is 2.34. The van der Waals surface area contributed by atoms with Crippen LogP contribution in [0.5, 0.6) is 0 Å². The van der Waals surface area contributed by atoms with Gasteiger partial charge in [0.2, 0.25) is 0 Å². The van der Waals surface area contributed by atoms with E-state index in [1.54, 1.807) is 27.0 Å². The van der Waals surface area contributed by atoms with Gasteiger partial charge in [0.1, 0.15) is 5.82 Å². The van der Waals surface area contributed by atoms with Crippen LogP contribution in [0.3, 0.4) is 0 Å². The van der Waals surface area contributed by atoms with Gasteiger partial charge >= 0.3 is 0 Å². The predicted molar refractivity (Wildman–Crippen MR) is 73.3 cm³/mol. The third kappa shape index (κ3) is 3.11. The second kappa shape index (κ2) is 5.54. The molecular weight excluding hydrogens is 233 g/mol. The standard InChI is InChI=1S/C13H22FN3O/c1-8-6-10(17-15)12(9(2)11(8)14)16-7-13(3,4)18-5/h6,16-17H,7,15H2,1-5H3. The fraction of sp³-hybridized carbons (Fsp3) is 0.538. The lowest BCUT2D eigenvalue weighted by atomic mass is 10.1. The topological polar surface area (TPSA) is 59.3 Å². The molecule has 0 aliphatic heterocycles. The minimum atomic E-state index is -0.334. The molecule has 18 heavy (non-hydrogen) atoms. The molecule has 0 amide bonds. The number of nitrogens with one attached hydrogen (secondary N) is 2. The van der Waals surface area contributed by atoms with E-state index in [1.807, 2.05) is 13.8 Å². The van der Waals surface area contributed by atoms with Crippen LogP contribution in [0.1, 0.15) is 25.0 Å². The second-order valence-electron chi connectivity index (χ2n) is 5.02. The third-order valence-electron chi connectivity index (χ3n) is 3.08. The SMILES string of the molecule is COC(C)(C)CNc1c(NN)cc(C)c(F)c1C. The molecule has 4 nitrogen and oxygen atoms in total. The number of nitrogen functional groups attached to an aromatic ring is 1. The second-order valence-corrected chi connectivity index (χ2v) is 5.02. The van der Waals surface area contributed by atoms with Crippen molar-refractivity contribution in [3.8, 4) is 0 Å². The monoisotopic (exact) mass is 255 g/mol. The molecule has 102 valence electrons. The molecule has 0 saturated carbocycles. The Balaban J connectivity index is 3.04. The number of nitrogens with two attached hydrogens (primary N) is 1. The zero-order valence-electron chi connectivity index (χ0n) is 11.6. The largest absolute Gasteiger partial charge is 0.380 e. The maximum Gasteiger partial charge on any atom is 0.131 e. The van der Waals surface area contributed by atoms with Gasteiger partial charge in [-0.25, -0.2) is 4.39 Å². The highest BCUT2D eigenvalue weighted by atomic mass is 19.1. The van der Waals surface area contributed by atoms with Crippen molar-refractivity contribution in [2.24, 2.45) is 5.84 Å². The summed E-state index contributed by atoms with van der Waals surface area (Å²) in [6.45, 7) is 7.91. The number of halogens is 1. The normalized spacial score (nSPS) is 11.5. The van der Waals surface area contributed by atoms with Gasteiger partial charge in [-0.15, -0.1) is 0 Å². The first kappa shape index (κ1) is 14.7. The van der Waals surface area contributed by atoms with Gasteiger partial charge in [0.15, 0.2) is 0 Å². The van der Waals surface area contributed by atoms with Crippen molar-refractivity contribution in [2.45, 2.75) is 33.3 Å². The molecular formula is C13H22FN3O. The Morgan fingerprint density at radius 1 is 1.39 bits per heavy atom. The number of aryl methyl sites for hydroxylation is 1. The lowest BCUT2D eigenvalue weighted by Gasteiger charge is -2.25. The first-order valence-electron chi connectivity index (χ1n) is 5.87. The molecule has 0 saturated heterocycles. The van der Waals surface area contributed by atoms with Crippen LogP contribution < -0.4 is 16.6 Å². The van der Waals surface area contributed by atoms with Crippen LogP contribution in [0, 0.1) is 19.7 Å². The molecule has 0 atom stereocenters. The predicted octanol–water partition coefficient (Wildman–Crippen LogP) is 2.57. The highest BCUT2D eigenvalue weighted by molar-refractivity contribution is 5.73. The van der Waals surface area contributed by atoms with Crippen molar-refractivity contribution in [2.75, 3.05) is 24.4 Å². The number of ether oxygens (including phenoxy) is 1. The highest BCUT2D eigenvalue weighted by Crippen LogP contribution is 2.30. The molecule has 1 aromatic carbocycles. The molecule has 0 radical (unpaired) electrons. The minimum absolute atomic E-state index is 0.216. The zero-order valence-corrected chi connectivity index (χ0v) is 11.6. The summed E-state index contributed by atoms with van der Waals surface area (Å²) in [5.74, 6) is 5.25. The average molecular weight is 255 g/mol. The Kier molecular flexibility index (Phi) is 4.53. The van der Waals surface area contributed by atoms with Crippen LogP contribution in [-0.4, -0.2) is 19.3 Å². The Morgan fingerprint density at radius 3 is 2.50 bits per heavy atom. The van der Waals surface area contributed by atoms with Gasteiger partial charge in [0.05, 0.1) is 17.0 Å². The summed E-state index contributed by atoms with van der Waals surface area (Å²) in [6.07, 6.45) is 0. The lowest BCUT2D eigenvalue weighted by Crippen LogP contribution is -2.32. The maximum absolute atomic E-state index is 13.9. The van der Waals surface area contributed by atoms with Crippen LogP contribution in [0.4, 0.5) is 15.8 Å². The van der Waals surface area contributed by atoms with Crippen molar-refractivity contribution < 1.29 is 9.13 Å². The molecule has 0 aromatic heterocycles. The summed E-state index contributed by atoms with van der Waals surface area (Å²) in [6, 6.07) is 1.68. The Morgan fingerprint density at radius 2 is 2.00 bits per heavy atom. The molecule has 0 aliphatic rings. The minimum Gasteiger partial charge on any atom is -0.380 e. The van der Waals surface area contributed by atoms with Crippen LogP contribution in [-0.2, 0) is 4.74 Å². The zero-order chi connectivity index (χ0) is 13.9. The quantitative estimate of drug-likeness (QED) is 0.559. The van der Waals surface area contributed by atoms with Gasteiger partial charge in [0.25, 0.3) is 0 Å². The van der Waals surface area contributed by atoms with Gasteiger partial charge in [-0.05, 0) is 39.3 Å². The van der Waals surface area contributed by atoms with Crippen LogP contribution >= 0.6 is 0 Å². The molecule has 0 heterocycles. The number of hydrogen-bond acceptors (Lipinski definition) is 4. The van der Waals surface area contributed by atoms with Gasteiger partial charge in [-0.2, -0.15) is 0 Å². The van der Waals surface area contributed by atoms with Crippen molar-refractivity contribution in [3.05, 3.63) is 23.0 Å². The molecule has 4 N–H and O–H groups in total. The number of anilines is 2. The summed E-state index contributed by atoms with van der Waals surface area (Å²) < 4.78 is 19.2. The smallest absolute Gasteiger partial charge is 0.131 e. The number of hydrogen-bond donors (Lipinski definition) is 3. The number of benzene rings is 1. The number of hydrazine groups is 1. The van der Waals surface area contributed by atoms with E-state index in [2.05, 4.69) is 10.7 Å². The summed E-state index contributed by atoms with van der Waals surface area (Å²) in [5.41, 5.74) is 4.72. The van der Waals surface area contributed by atoms with Crippen LogP contribution in [0.2, 0.25) is 0 Å². The lowest BCUT2D eigenvalue weighted by molar-refractivity contribution is 0.0344. The molecule has 1 rings (SSSR count). The van der Waals surface area contributed by atoms with Crippen LogP contribution in [0.15, 0.2) is 6.07 Å². The molecule has 1 aromatic rings. The summed E-state index contributed by atoms with van der Waals surface area (Å²) in [4.78, 5) is 0. The molecule has 0 aliphatic carbocycles. The molecule has 0 spiro atoms. The molecule has 0 unspecified atom stereocenters. The van der Waals surface area contributed by atoms with E-state index in [0.29, 0.717) is 29.0 Å². The van der Waals surface area contributed by atoms with E-state index >= 15 is 0 Å². The van der Waals surface area contributed by atoms with Crippen molar-refractivity contribution in [3.63, 3.8) is 0 Å². The Hall–Kier alpha value is -1.33. The summed E-state index contributed by atoms with van der Waals surface area (Å²) in [7, 11) is 1.65. The first-order chi connectivity index (χ1) is 8.32. The molecule has 5 heteroatoms. The molecule has 0 fully saturated rings. The summed E-state index contributed by atoms with van der Waals surface area (Å²) in [5, 5.41) is 3.18. The number of rotatable bonds is 5. The van der Waals surface area contributed by atoms with E-state index in [1.165, 1.54) is 0 Å². The Labute approximate surface area is 108 Å². The summed E-state index contributed by atoms with van der Waals surface area (Å²) >= 11 is 0. The van der Waals surface area contributed by atoms with E-state index in [-0.39, 0.29) is 11.4 Å². The van der Waals surface area contributed by atoms with E-state index in [9.17, 15) is 4.39 Å². The fourth-order valence-electron chi connectivity index (χ4n) is 1.67. The van der Waals surface area contributed by atoms with Gasteiger partial charge in [-0.1, -0.05) is 0 Å². The van der Waals surface area contributed by atoms with E-state index in [0.717, 1.165) is 0 Å². The van der Waals surface area contributed by atoms with Gasteiger partial charge < -0.3 is 15.5 Å². The van der Waals surface area contributed by atoms with Crippen LogP contribution in [0.25, 0.3) is 0 Å². The Bertz CT molecular complexity index is 433. The first-order valence-corrected chi connectivity index (χ1v) is 5.87. The van der Waals surface area contributed by atoms with Crippen molar-refractivity contribution >= 4 is 11.4 Å². The van der Waals surface area contributed by atoms with Crippen molar-refractivity contribution in [1.82, 2.24) is 0 Å². The maximum atomic E-state index is 13.9. The van der Waals surface area contributed by atoms with E-state index in [4.69, 9.17) is 10.6 Å². The number of methoxy groups -OCH3 is 1. The fourth-order valence-corrected chi connectivity index (χ4v) is 1.67.